The highest BCUT2D eigenvalue weighted by Gasteiger charge is 2.23. The molecule has 0 spiro atoms. The summed E-state index contributed by atoms with van der Waals surface area (Å²) in [5.41, 5.74) is 2.90. The number of aryl methyl sites for hydroxylation is 1. The molecule has 0 atom stereocenters. The molecule has 0 aliphatic heterocycles. The zero-order chi connectivity index (χ0) is 21.2. The number of hydrogen-bond donors (Lipinski definition) is 0. The minimum absolute atomic E-state index is 0.0317. The average molecular weight is 416 g/mol. The Labute approximate surface area is 171 Å². The molecule has 7 nitrogen and oxygen atoms in total. The van der Waals surface area contributed by atoms with Crippen molar-refractivity contribution in [3.63, 3.8) is 0 Å². The Morgan fingerprint density at radius 1 is 1.10 bits per heavy atom. The second-order valence-corrected chi connectivity index (χ2v) is 9.43. The molecule has 1 aromatic heterocycles. The van der Waals surface area contributed by atoms with Gasteiger partial charge >= 0.3 is 0 Å². The van der Waals surface area contributed by atoms with Crippen LogP contribution in [0.15, 0.2) is 51.9 Å². The Kier molecular flexibility index (Phi) is 6.04. The molecule has 0 saturated heterocycles. The molecule has 29 heavy (non-hydrogen) atoms. The van der Waals surface area contributed by atoms with Crippen LogP contribution in [0, 0.1) is 6.92 Å². The van der Waals surface area contributed by atoms with Crippen molar-refractivity contribution in [1.82, 2.24) is 14.4 Å². The molecule has 0 fully saturated rings. The second-order valence-electron chi connectivity index (χ2n) is 7.31. The number of rotatable bonds is 7. The van der Waals surface area contributed by atoms with Crippen LogP contribution < -0.4 is 4.74 Å². The highest BCUT2D eigenvalue weighted by molar-refractivity contribution is 7.89. The summed E-state index contributed by atoms with van der Waals surface area (Å²) in [5.74, 6) is 1.41. The molecule has 1 heterocycles. The van der Waals surface area contributed by atoms with Crippen LogP contribution in [0.2, 0.25) is 0 Å². The fraction of sp³-hybridized carbons (Fsp3) is 0.333. The molecule has 0 radical (unpaired) electrons. The van der Waals surface area contributed by atoms with Gasteiger partial charge in [-0.25, -0.2) is 12.7 Å². The van der Waals surface area contributed by atoms with E-state index in [1.807, 2.05) is 31.2 Å². The Balaban J connectivity index is 1.78. The summed E-state index contributed by atoms with van der Waals surface area (Å²) in [6.45, 7) is 6.06. The van der Waals surface area contributed by atoms with Gasteiger partial charge in [0.15, 0.2) is 6.61 Å². The SMILES string of the molecule is Cc1ccc(OCc2nc(-c3ccc(C(C)C)cc3)no2)c(S(=O)(=O)N(C)C)c1. The van der Waals surface area contributed by atoms with Crippen molar-refractivity contribution in [2.75, 3.05) is 14.1 Å². The Bertz CT molecular complexity index is 1090. The predicted molar refractivity (Wildman–Crippen MR) is 110 cm³/mol. The summed E-state index contributed by atoms with van der Waals surface area (Å²) >= 11 is 0. The second kappa shape index (κ2) is 8.34. The van der Waals surface area contributed by atoms with Crippen molar-refractivity contribution >= 4 is 10.0 Å². The van der Waals surface area contributed by atoms with Gasteiger partial charge in [-0.05, 0) is 36.1 Å². The van der Waals surface area contributed by atoms with E-state index in [4.69, 9.17) is 9.26 Å². The minimum Gasteiger partial charge on any atom is -0.482 e. The van der Waals surface area contributed by atoms with Crippen molar-refractivity contribution < 1.29 is 17.7 Å². The fourth-order valence-electron chi connectivity index (χ4n) is 2.72. The molecule has 0 aliphatic rings. The Morgan fingerprint density at radius 2 is 1.79 bits per heavy atom. The molecule has 0 bridgehead atoms. The molecule has 0 N–H and O–H groups in total. The van der Waals surface area contributed by atoms with Crippen LogP contribution in [-0.2, 0) is 16.6 Å². The van der Waals surface area contributed by atoms with Crippen LogP contribution >= 0.6 is 0 Å². The number of benzene rings is 2. The Morgan fingerprint density at radius 3 is 2.41 bits per heavy atom. The maximum Gasteiger partial charge on any atom is 0.264 e. The van der Waals surface area contributed by atoms with Crippen LogP contribution in [0.4, 0.5) is 0 Å². The van der Waals surface area contributed by atoms with Crippen LogP contribution in [0.25, 0.3) is 11.4 Å². The summed E-state index contributed by atoms with van der Waals surface area (Å²) in [6, 6.07) is 13.0. The lowest BCUT2D eigenvalue weighted by Gasteiger charge is -2.15. The van der Waals surface area contributed by atoms with Gasteiger partial charge in [0, 0.05) is 19.7 Å². The maximum atomic E-state index is 12.6. The van der Waals surface area contributed by atoms with Crippen molar-refractivity contribution in [2.24, 2.45) is 0 Å². The first-order chi connectivity index (χ1) is 13.7. The van der Waals surface area contributed by atoms with Crippen molar-refractivity contribution in [3.8, 4) is 17.1 Å². The smallest absolute Gasteiger partial charge is 0.264 e. The largest absolute Gasteiger partial charge is 0.482 e. The summed E-state index contributed by atoms with van der Waals surface area (Å²) in [5, 5.41) is 3.99. The quantitative estimate of drug-likeness (QED) is 0.580. The van der Waals surface area contributed by atoms with Crippen LogP contribution in [0.5, 0.6) is 5.75 Å². The zero-order valence-electron chi connectivity index (χ0n) is 17.2. The lowest BCUT2D eigenvalue weighted by atomic mass is 10.0. The Hall–Kier alpha value is -2.71. The third-order valence-corrected chi connectivity index (χ3v) is 6.35. The van der Waals surface area contributed by atoms with E-state index in [0.29, 0.717) is 11.7 Å². The van der Waals surface area contributed by atoms with E-state index in [-0.39, 0.29) is 23.1 Å². The molecule has 0 amide bonds. The van der Waals surface area contributed by atoms with E-state index in [2.05, 4.69) is 24.0 Å². The molecule has 8 heteroatoms. The molecule has 154 valence electrons. The van der Waals surface area contributed by atoms with Gasteiger partial charge in [-0.2, -0.15) is 4.98 Å². The topological polar surface area (TPSA) is 85.5 Å². The first-order valence-corrected chi connectivity index (χ1v) is 10.7. The molecule has 0 aliphatic carbocycles. The number of aromatic nitrogens is 2. The molecule has 2 aromatic carbocycles. The number of ether oxygens (including phenoxy) is 1. The van der Waals surface area contributed by atoms with E-state index >= 15 is 0 Å². The summed E-state index contributed by atoms with van der Waals surface area (Å²) in [6.07, 6.45) is 0. The van der Waals surface area contributed by atoms with Gasteiger partial charge in [-0.3, -0.25) is 0 Å². The summed E-state index contributed by atoms with van der Waals surface area (Å²) in [4.78, 5) is 4.46. The molecule has 0 saturated carbocycles. The van der Waals surface area contributed by atoms with E-state index in [1.165, 1.54) is 19.7 Å². The van der Waals surface area contributed by atoms with Crippen molar-refractivity contribution in [3.05, 3.63) is 59.5 Å². The van der Waals surface area contributed by atoms with E-state index in [9.17, 15) is 8.42 Å². The first-order valence-electron chi connectivity index (χ1n) is 9.27. The number of sulfonamides is 1. The van der Waals surface area contributed by atoms with Crippen molar-refractivity contribution in [2.45, 2.75) is 38.2 Å². The third-order valence-electron chi connectivity index (χ3n) is 4.51. The first kappa shape index (κ1) is 21.0. The van der Waals surface area contributed by atoms with Gasteiger partial charge in [0.05, 0.1) is 0 Å². The molecule has 3 rings (SSSR count). The maximum absolute atomic E-state index is 12.6. The molecular formula is C21H25N3O4S. The summed E-state index contributed by atoms with van der Waals surface area (Å²) in [7, 11) is -0.677. The minimum atomic E-state index is -3.64. The molecule has 3 aromatic rings. The van der Waals surface area contributed by atoms with E-state index in [0.717, 1.165) is 15.4 Å². The standard InChI is InChI=1S/C21H25N3O4S/c1-14(2)16-7-9-17(10-8-16)21-22-20(28-23-21)13-27-18-11-6-15(3)12-19(18)29(25,26)24(4)5/h6-12,14H,13H2,1-5H3. The van der Waals surface area contributed by atoms with Gasteiger partial charge in [0.2, 0.25) is 15.8 Å². The summed E-state index contributed by atoms with van der Waals surface area (Å²) < 4.78 is 37.3. The fourth-order valence-corrected chi connectivity index (χ4v) is 3.83. The number of nitrogens with zero attached hydrogens (tertiary/aromatic N) is 3. The van der Waals surface area contributed by atoms with E-state index < -0.39 is 10.0 Å². The van der Waals surface area contributed by atoms with Crippen LogP contribution in [0.3, 0.4) is 0 Å². The average Bonchev–Trinajstić information content (AvgIpc) is 3.16. The van der Waals surface area contributed by atoms with Crippen LogP contribution in [0.1, 0.15) is 36.8 Å². The van der Waals surface area contributed by atoms with Gasteiger partial charge in [0.1, 0.15) is 10.6 Å². The lowest BCUT2D eigenvalue weighted by molar-refractivity contribution is 0.237. The number of hydrogen-bond acceptors (Lipinski definition) is 6. The van der Waals surface area contributed by atoms with Gasteiger partial charge in [0.25, 0.3) is 5.89 Å². The predicted octanol–water partition coefficient (Wildman–Crippen LogP) is 4.00. The van der Waals surface area contributed by atoms with E-state index in [1.54, 1.807) is 18.2 Å². The highest BCUT2D eigenvalue weighted by atomic mass is 32.2. The van der Waals surface area contributed by atoms with Gasteiger partial charge in [-0.1, -0.05) is 49.3 Å². The van der Waals surface area contributed by atoms with Gasteiger partial charge in [-0.15, -0.1) is 0 Å². The normalized spacial score (nSPS) is 12.0. The van der Waals surface area contributed by atoms with Crippen LogP contribution in [-0.4, -0.2) is 37.0 Å². The third kappa shape index (κ3) is 4.65. The zero-order valence-corrected chi connectivity index (χ0v) is 18.0. The highest BCUT2D eigenvalue weighted by Crippen LogP contribution is 2.28. The lowest BCUT2D eigenvalue weighted by Crippen LogP contribution is -2.23. The molecular weight excluding hydrogens is 390 g/mol. The van der Waals surface area contributed by atoms with Crippen molar-refractivity contribution in [1.29, 1.82) is 0 Å². The molecule has 0 unspecified atom stereocenters. The van der Waals surface area contributed by atoms with Gasteiger partial charge < -0.3 is 9.26 Å². The monoisotopic (exact) mass is 415 g/mol.